The molecule has 0 saturated carbocycles. The van der Waals surface area contributed by atoms with Crippen LogP contribution in [0.25, 0.3) is 0 Å². The van der Waals surface area contributed by atoms with Crippen molar-refractivity contribution in [2.45, 2.75) is 0 Å². The van der Waals surface area contributed by atoms with Gasteiger partial charge in [-0.05, 0) is 0 Å². The van der Waals surface area contributed by atoms with Gasteiger partial charge in [-0.1, -0.05) is 0 Å². The van der Waals surface area contributed by atoms with Crippen LogP contribution in [0.3, 0.4) is 0 Å². The summed E-state index contributed by atoms with van der Waals surface area (Å²) in [5.74, 6) is 0. The average molecular weight is 312 g/mol. The van der Waals surface area contributed by atoms with Gasteiger partial charge >= 0.3 is 99.3 Å². The molecule has 0 radical (unpaired) electrons. The van der Waals surface area contributed by atoms with Crippen LogP contribution in [0.4, 0.5) is 0 Å². The van der Waals surface area contributed by atoms with Crippen LogP contribution in [0.1, 0.15) is 0 Å². The van der Waals surface area contributed by atoms with Gasteiger partial charge in [-0.2, -0.15) is 0 Å². The van der Waals surface area contributed by atoms with E-state index in [-0.39, 0.29) is 68.9 Å². The molecule has 0 unspecified atom stereocenters. The fourth-order valence-electron chi connectivity index (χ4n) is 0. The SMILES string of the molecule is O=[Te](O)O.[CsH]. The zero-order valence-electron chi connectivity index (χ0n) is 1.71. The quantitative estimate of drug-likeness (QED) is 0.497. The van der Waals surface area contributed by atoms with Gasteiger partial charge < -0.3 is 0 Å². The van der Waals surface area contributed by atoms with E-state index < -0.39 is 20.4 Å². The summed E-state index contributed by atoms with van der Waals surface area (Å²) >= 11 is -3.61. The molecule has 5 heavy (non-hydrogen) atoms. The predicted molar refractivity (Wildman–Crippen MR) is 18.0 cm³/mol. The molecule has 28 valence electrons. The molecule has 0 aliphatic carbocycles. The molecule has 0 aromatic rings. The molecule has 0 rings (SSSR count). The number of hydrogen-bond acceptors (Lipinski definition) is 1. The van der Waals surface area contributed by atoms with Crippen molar-refractivity contribution in [3.8, 4) is 0 Å². The fraction of sp³-hybridized carbons (Fsp3) is 0. The molecule has 2 N–H and O–H groups in total. The summed E-state index contributed by atoms with van der Waals surface area (Å²) in [5.41, 5.74) is 0. The molecule has 0 bridgehead atoms. The van der Waals surface area contributed by atoms with Gasteiger partial charge in [0.25, 0.3) is 0 Å². The zero-order chi connectivity index (χ0) is 3.58. The first-order valence-corrected chi connectivity index (χ1v) is 3.57. The van der Waals surface area contributed by atoms with Crippen molar-refractivity contribution in [2.75, 3.05) is 0 Å². The molecule has 0 heterocycles. The molecule has 3 nitrogen and oxygen atoms in total. The van der Waals surface area contributed by atoms with Crippen molar-refractivity contribution in [1.29, 1.82) is 0 Å². The van der Waals surface area contributed by atoms with E-state index in [1.165, 1.54) is 0 Å². The molecule has 0 atom stereocenters. The van der Waals surface area contributed by atoms with Crippen molar-refractivity contribution >= 4 is 89.3 Å². The van der Waals surface area contributed by atoms with Crippen molar-refractivity contribution in [2.24, 2.45) is 0 Å². The van der Waals surface area contributed by atoms with Crippen molar-refractivity contribution < 1.29 is 10.0 Å². The molecular formula is H3CsO3Te. The minimum absolute atomic E-state index is 0. The van der Waals surface area contributed by atoms with Crippen LogP contribution in [-0.4, -0.2) is 96.2 Å². The molecule has 0 aromatic heterocycles. The second-order valence-electron chi connectivity index (χ2n) is 0.231. The summed E-state index contributed by atoms with van der Waals surface area (Å²) in [4.78, 5) is 0. The zero-order valence-corrected chi connectivity index (χ0v) is 4.04. The molecular weight excluding hydrogens is 309 g/mol. The van der Waals surface area contributed by atoms with Crippen LogP contribution >= 0.6 is 0 Å². The second-order valence-corrected chi connectivity index (χ2v) is 1.55. The van der Waals surface area contributed by atoms with Crippen LogP contribution < -0.4 is 0 Å². The van der Waals surface area contributed by atoms with Gasteiger partial charge in [0.05, 0.1) is 0 Å². The maximum absolute atomic E-state index is 8.81. The van der Waals surface area contributed by atoms with Gasteiger partial charge in [0.15, 0.2) is 0 Å². The topological polar surface area (TPSA) is 57.5 Å². The third-order valence-corrected chi connectivity index (χ3v) is 0. The summed E-state index contributed by atoms with van der Waals surface area (Å²) in [6.45, 7) is 0. The van der Waals surface area contributed by atoms with E-state index in [0.29, 0.717) is 0 Å². The van der Waals surface area contributed by atoms with E-state index in [0.717, 1.165) is 0 Å². The normalized spacial score (nSPS) is 7.00. The molecule has 0 saturated heterocycles. The van der Waals surface area contributed by atoms with Crippen LogP contribution in [0, 0.1) is 0 Å². The van der Waals surface area contributed by atoms with Gasteiger partial charge in [0.2, 0.25) is 0 Å². The average Bonchev–Trinajstić information content (AvgIpc) is 0.811. The summed E-state index contributed by atoms with van der Waals surface area (Å²) < 4.78 is 23.3. The predicted octanol–water partition coefficient (Wildman–Crippen LogP) is -2.26. The number of hydrogen-bond donors (Lipinski definition) is 2. The Morgan fingerprint density at radius 1 is 1.40 bits per heavy atom. The molecule has 0 amide bonds. The molecule has 0 fully saturated rings. The third kappa shape index (κ3) is 20.8. The van der Waals surface area contributed by atoms with Gasteiger partial charge in [-0.15, -0.1) is 0 Å². The van der Waals surface area contributed by atoms with E-state index in [2.05, 4.69) is 0 Å². The van der Waals surface area contributed by atoms with Gasteiger partial charge in [0.1, 0.15) is 0 Å². The van der Waals surface area contributed by atoms with Crippen molar-refractivity contribution in [3.63, 3.8) is 0 Å². The van der Waals surface area contributed by atoms with Gasteiger partial charge in [0, 0.05) is 0 Å². The van der Waals surface area contributed by atoms with Gasteiger partial charge in [-0.3, -0.25) is 0 Å². The third-order valence-electron chi connectivity index (χ3n) is 0. The van der Waals surface area contributed by atoms with E-state index >= 15 is 0 Å². The van der Waals surface area contributed by atoms with Crippen molar-refractivity contribution in [3.05, 3.63) is 0 Å². The van der Waals surface area contributed by atoms with E-state index in [4.69, 9.17) is 10.0 Å². The Hall–Kier alpha value is 2.56. The Kier molecular flexibility index (Phi) is 13.8. The Morgan fingerprint density at radius 2 is 1.40 bits per heavy atom. The molecule has 0 aliphatic rings. The van der Waals surface area contributed by atoms with E-state index in [1.807, 2.05) is 0 Å². The molecule has 0 aromatic carbocycles. The van der Waals surface area contributed by atoms with E-state index in [1.54, 1.807) is 0 Å². The standard InChI is InChI=1S/Cs.H2O3Te.H/c;1-4(2)3;/h;(H2,1,2,3);. The molecule has 5 heteroatoms. The minimum atomic E-state index is -3.61. The summed E-state index contributed by atoms with van der Waals surface area (Å²) in [5, 5.41) is 0. The Bertz CT molecular complexity index is 29.9. The first-order valence-electron chi connectivity index (χ1n) is 0.532. The van der Waals surface area contributed by atoms with Crippen molar-refractivity contribution in [1.82, 2.24) is 0 Å². The molecule has 0 spiro atoms. The van der Waals surface area contributed by atoms with Crippen LogP contribution in [-0.2, 0) is 3.10 Å². The summed E-state index contributed by atoms with van der Waals surface area (Å²) in [6, 6.07) is 0. The second kappa shape index (κ2) is 6.56. The maximum atomic E-state index is 8.81. The Labute approximate surface area is 96.3 Å². The Morgan fingerprint density at radius 3 is 1.40 bits per heavy atom. The first kappa shape index (κ1) is 10.5. The molecule has 0 aliphatic heterocycles. The summed E-state index contributed by atoms with van der Waals surface area (Å²) in [6.07, 6.45) is 0. The first-order chi connectivity index (χ1) is 1.73. The van der Waals surface area contributed by atoms with Crippen LogP contribution in [0.2, 0.25) is 0 Å². The monoisotopic (exact) mass is 314 g/mol. The summed E-state index contributed by atoms with van der Waals surface area (Å²) in [7, 11) is 0. The Balaban J connectivity index is 0. The number of rotatable bonds is 0. The van der Waals surface area contributed by atoms with Gasteiger partial charge in [-0.25, -0.2) is 0 Å². The van der Waals surface area contributed by atoms with Crippen LogP contribution in [0.15, 0.2) is 0 Å². The fourth-order valence-corrected chi connectivity index (χ4v) is 0. The van der Waals surface area contributed by atoms with E-state index in [9.17, 15) is 0 Å². The van der Waals surface area contributed by atoms with Crippen LogP contribution in [0.5, 0.6) is 0 Å².